The summed E-state index contributed by atoms with van der Waals surface area (Å²) in [6.45, 7) is 8.67. The molecular formula is C23H26OS2. The van der Waals surface area contributed by atoms with E-state index in [0.717, 1.165) is 16.2 Å². The van der Waals surface area contributed by atoms with Crippen LogP contribution >= 0.6 is 25.3 Å². The van der Waals surface area contributed by atoms with Crippen LogP contribution in [0.15, 0.2) is 63.4 Å². The molecule has 0 spiro atoms. The van der Waals surface area contributed by atoms with Crippen molar-refractivity contribution in [3.8, 4) is 5.75 Å². The van der Waals surface area contributed by atoms with Gasteiger partial charge in [-0.2, -0.15) is 0 Å². The fourth-order valence-electron chi connectivity index (χ4n) is 3.77. The third-order valence-electron chi connectivity index (χ3n) is 5.37. The third kappa shape index (κ3) is 3.74. The summed E-state index contributed by atoms with van der Waals surface area (Å²) in [7, 11) is 0. The molecule has 1 N–H and O–H groups in total. The number of aryl methyl sites for hydroxylation is 2. The Kier molecular flexibility index (Phi) is 5.59. The molecule has 1 aliphatic rings. The summed E-state index contributed by atoms with van der Waals surface area (Å²) in [4.78, 5) is 2.17. The molecule has 26 heavy (non-hydrogen) atoms. The first-order valence-corrected chi connectivity index (χ1v) is 9.86. The van der Waals surface area contributed by atoms with Gasteiger partial charge in [-0.05, 0) is 84.5 Å². The second kappa shape index (κ2) is 7.58. The van der Waals surface area contributed by atoms with Crippen LogP contribution in [-0.2, 0) is 0 Å². The van der Waals surface area contributed by atoms with E-state index in [4.69, 9.17) is 0 Å². The molecule has 3 heteroatoms. The predicted molar refractivity (Wildman–Crippen MR) is 117 cm³/mol. The van der Waals surface area contributed by atoms with Gasteiger partial charge in [0, 0.05) is 10.8 Å². The number of phenolic OH excluding ortho intramolecular Hbond substituents is 1. The van der Waals surface area contributed by atoms with Gasteiger partial charge in [-0.15, -0.1) is 25.3 Å². The molecule has 2 aromatic carbocycles. The van der Waals surface area contributed by atoms with Crippen LogP contribution in [-0.4, -0.2) is 5.11 Å². The molecule has 2 aromatic rings. The van der Waals surface area contributed by atoms with E-state index in [1.54, 1.807) is 12.1 Å². The Bertz CT molecular complexity index is 891. The molecule has 2 unspecified atom stereocenters. The fourth-order valence-corrected chi connectivity index (χ4v) is 4.31. The van der Waals surface area contributed by atoms with Crippen molar-refractivity contribution in [3.05, 3.63) is 80.8 Å². The van der Waals surface area contributed by atoms with Crippen molar-refractivity contribution < 1.29 is 5.11 Å². The monoisotopic (exact) mass is 382 g/mol. The van der Waals surface area contributed by atoms with Crippen molar-refractivity contribution in [2.75, 3.05) is 0 Å². The molecule has 0 amide bonds. The first kappa shape index (κ1) is 19.2. The number of phenols is 1. The first-order valence-electron chi connectivity index (χ1n) is 8.97. The number of aromatic hydroxyl groups is 1. The average Bonchev–Trinajstić information content (AvgIpc) is 2.58. The standard InChI is InChI=1S/C23H26OS2/c1-13-11-21(25)15(3)9-19(13)23(17-5-7-18(24)8-6-17)20-10-16(4)22(26)12-14(20)2/h5-9,11-12,16,23-26H,10H2,1-4H3. The Balaban J connectivity index is 2.23. The second-order valence-electron chi connectivity index (χ2n) is 7.40. The van der Waals surface area contributed by atoms with Gasteiger partial charge in [0.05, 0.1) is 0 Å². The highest BCUT2D eigenvalue weighted by Crippen LogP contribution is 2.43. The highest BCUT2D eigenvalue weighted by molar-refractivity contribution is 7.84. The zero-order valence-corrected chi connectivity index (χ0v) is 17.5. The van der Waals surface area contributed by atoms with Crippen LogP contribution < -0.4 is 0 Å². The van der Waals surface area contributed by atoms with E-state index >= 15 is 0 Å². The molecule has 1 nitrogen and oxygen atoms in total. The summed E-state index contributed by atoms with van der Waals surface area (Å²) in [6.07, 6.45) is 3.20. The maximum Gasteiger partial charge on any atom is 0.115 e. The number of rotatable bonds is 3. The van der Waals surface area contributed by atoms with E-state index in [1.807, 2.05) is 12.1 Å². The molecule has 0 aliphatic heterocycles. The van der Waals surface area contributed by atoms with E-state index in [-0.39, 0.29) is 5.92 Å². The van der Waals surface area contributed by atoms with Crippen LogP contribution in [0.4, 0.5) is 0 Å². The van der Waals surface area contributed by atoms with Gasteiger partial charge in [-0.1, -0.05) is 36.3 Å². The van der Waals surface area contributed by atoms with Crippen molar-refractivity contribution >= 4 is 25.3 Å². The summed E-state index contributed by atoms with van der Waals surface area (Å²) in [6, 6.07) is 12.0. The molecule has 3 rings (SSSR count). The zero-order chi connectivity index (χ0) is 19.0. The summed E-state index contributed by atoms with van der Waals surface area (Å²) in [5.41, 5.74) is 7.66. The molecule has 0 saturated heterocycles. The highest BCUT2D eigenvalue weighted by atomic mass is 32.1. The van der Waals surface area contributed by atoms with Crippen molar-refractivity contribution in [2.24, 2.45) is 5.92 Å². The Morgan fingerprint density at radius 3 is 2.31 bits per heavy atom. The van der Waals surface area contributed by atoms with Crippen molar-refractivity contribution in [2.45, 2.75) is 44.9 Å². The minimum Gasteiger partial charge on any atom is -0.508 e. The summed E-state index contributed by atoms with van der Waals surface area (Å²) in [5, 5.41) is 9.74. The van der Waals surface area contributed by atoms with Crippen LogP contribution in [0.5, 0.6) is 5.75 Å². The lowest BCUT2D eigenvalue weighted by Gasteiger charge is -2.30. The van der Waals surface area contributed by atoms with E-state index in [2.05, 4.69) is 71.2 Å². The third-order valence-corrected chi connectivity index (χ3v) is 6.42. The maximum absolute atomic E-state index is 9.74. The normalized spacial score (nSPS) is 18.7. The SMILES string of the molecule is CC1=C(C(c2ccc(O)cc2)c2cc(C)c(S)cc2C)CC(C)C(S)=C1. The van der Waals surface area contributed by atoms with Crippen LogP contribution in [0, 0.1) is 19.8 Å². The molecule has 2 atom stereocenters. The van der Waals surface area contributed by atoms with Gasteiger partial charge < -0.3 is 5.11 Å². The zero-order valence-electron chi connectivity index (χ0n) is 15.7. The molecule has 0 saturated carbocycles. The Hall–Kier alpha value is -1.58. The molecule has 1 aliphatic carbocycles. The number of hydrogen-bond acceptors (Lipinski definition) is 3. The minimum atomic E-state index is 0.170. The smallest absolute Gasteiger partial charge is 0.115 e. The highest BCUT2D eigenvalue weighted by Gasteiger charge is 2.27. The maximum atomic E-state index is 9.74. The molecule has 0 radical (unpaired) electrons. The molecule has 136 valence electrons. The lowest BCUT2D eigenvalue weighted by Crippen LogP contribution is -2.14. The van der Waals surface area contributed by atoms with Gasteiger partial charge in [-0.3, -0.25) is 0 Å². The van der Waals surface area contributed by atoms with E-state index < -0.39 is 0 Å². The molecule has 0 heterocycles. The van der Waals surface area contributed by atoms with Crippen LogP contribution in [0.1, 0.15) is 48.4 Å². The average molecular weight is 383 g/mol. The van der Waals surface area contributed by atoms with Crippen molar-refractivity contribution in [1.82, 2.24) is 0 Å². The summed E-state index contributed by atoms with van der Waals surface area (Å²) < 4.78 is 0. The van der Waals surface area contributed by atoms with Crippen molar-refractivity contribution in [3.63, 3.8) is 0 Å². The Morgan fingerprint density at radius 1 is 1.00 bits per heavy atom. The number of thiol groups is 2. The van der Waals surface area contributed by atoms with E-state index in [1.165, 1.54) is 33.4 Å². The molecule has 0 fully saturated rings. The van der Waals surface area contributed by atoms with Crippen LogP contribution in [0.3, 0.4) is 0 Å². The number of benzene rings is 2. The van der Waals surface area contributed by atoms with Gasteiger partial charge in [0.25, 0.3) is 0 Å². The van der Waals surface area contributed by atoms with Gasteiger partial charge in [0.1, 0.15) is 5.75 Å². The van der Waals surface area contributed by atoms with Crippen LogP contribution in [0.2, 0.25) is 0 Å². The molecular weight excluding hydrogens is 356 g/mol. The van der Waals surface area contributed by atoms with Gasteiger partial charge in [-0.25, -0.2) is 0 Å². The summed E-state index contributed by atoms with van der Waals surface area (Å²) >= 11 is 9.24. The summed E-state index contributed by atoms with van der Waals surface area (Å²) in [5.74, 6) is 0.886. The minimum absolute atomic E-state index is 0.170. The number of allylic oxidation sites excluding steroid dienone is 4. The van der Waals surface area contributed by atoms with Gasteiger partial charge in [0.2, 0.25) is 0 Å². The van der Waals surface area contributed by atoms with Crippen molar-refractivity contribution in [1.29, 1.82) is 0 Å². The van der Waals surface area contributed by atoms with Gasteiger partial charge in [0.15, 0.2) is 0 Å². The lowest BCUT2D eigenvalue weighted by molar-refractivity contribution is 0.475. The predicted octanol–water partition coefficient (Wildman–Crippen LogP) is 6.60. The van der Waals surface area contributed by atoms with E-state index in [0.29, 0.717) is 11.7 Å². The lowest BCUT2D eigenvalue weighted by atomic mass is 9.75. The largest absolute Gasteiger partial charge is 0.508 e. The van der Waals surface area contributed by atoms with Gasteiger partial charge >= 0.3 is 0 Å². The second-order valence-corrected chi connectivity index (χ2v) is 8.40. The Labute approximate surface area is 167 Å². The van der Waals surface area contributed by atoms with E-state index in [9.17, 15) is 5.11 Å². The Morgan fingerprint density at radius 2 is 1.65 bits per heavy atom. The quantitative estimate of drug-likeness (QED) is 0.511. The fraction of sp³-hybridized carbons (Fsp3) is 0.304. The van der Waals surface area contributed by atoms with Crippen LogP contribution in [0.25, 0.3) is 0 Å². The number of hydrogen-bond donors (Lipinski definition) is 3. The first-order chi connectivity index (χ1) is 12.3. The topological polar surface area (TPSA) is 20.2 Å². The molecule has 0 aromatic heterocycles. The molecule has 0 bridgehead atoms.